The van der Waals surface area contributed by atoms with Crippen LogP contribution in [0.25, 0.3) is 0 Å². The van der Waals surface area contributed by atoms with Crippen molar-refractivity contribution in [2.45, 2.75) is 45.4 Å². The van der Waals surface area contributed by atoms with Crippen LogP contribution in [0, 0.1) is 5.92 Å². The van der Waals surface area contributed by atoms with Crippen molar-refractivity contribution in [3.05, 3.63) is 0 Å². The van der Waals surface area contributed by atoms with Crippen molar-refractivity contribution < 1.29 is 28.5 Å². The lowest BCUT2D eigenvalue weighted by molar-refractivity contribution is -0.155. The summed E-state index contributed by atoms with van der Waals surface area (Å²) in [6.45, 7) is 3.91. The minimum Gasteiger partial charge on any atom is -0.466 e. The van der Waals surface area contributed by atoms with Crippen LogP contribution in [0.2, 0.25) is 0 Å². The summed E-state index contributed by atoms with van der Waals surface area (Å²) >= 11 is 0. The van der Waals surface area contributed by atoms with Gasteiger partial charge in [-0.1, -0.05) is 6.92 Å². The van der Waals surface area contributed by atoms with Crippen molar-refractivity contribution in [3.63, 3.8) is 0 Å². The smallest absolute Gasteiger partial charge is 0.309 e. The van der Waals surface area contributed by atoms with E-state index in [1.165, 1.54) is 0 Å². The van der Waals surface area contributed by atoms with E-state index in [0.717, 1.165) is 25.7 Å². The Balaban J connectivity index is 3.82. The summed E-state index contributed by atoms with van der Waals surface area (Å²) < 4.78 is 20.1. The topological polar surface area (TPSA) is 71.1 Å². The molecule has 0 aromatic heterocycles. The van der Waals surface area contributed by atoms with Gasteiger partial charge in [-0.2, -0.15) is 0 Å². The van der Waals surface area contributed by atoms with Crippen LogP contribution >= 0.6 is 0 Å². The predicted octanol–water partition coefficient (Wildman–Crippen LogP) is 2.34. The number of carbonyl (C=O) groups excluding carboxylic acids is 2. The number of hydrogen-bond donors (Lipinski definition) is 0. The molecular weight excluding hydrogens is 288 g/mol. The zero-order chi connectivity index (χ0) is 16.6. The normalized spacial score (nSPS) is 12.0. The number of rotatable bonds is 14. The molecule has 0 amide bonds. The monoisotopic (exact) mass is 318 g/mol. The molecule has 0 saturated heterocycles. The summed E-state index contributed by atoms with van der Waals surface area (Å²) in [5.74, 6) is -1.09. The summed E-state index contributed by atoms with van der Waals surface area (Å²) in [6, 6.07) is 0. The summed E-state index contributed by atoms with van der Waals surface area (Å²) in [5, 5.41) is 0. The number of carbonyl (C=O) groups is 2. The lowest BCUT2D eigenvalue weighted by Crippen LogP contribution is -2.22. The highest BCUT2D eigenvalue weighted by Crippen LogP contribution is 2.12. The van der Waals surface area contributed by atoms with Gasteiger partial charge in [-0.25, -0.2) is 0 Å². The first-order valence-electron chi connectivity index (χ1n) is 7.95. The highest BCUT2D eigenvalue weighted by molar-refractivity contribution is 5.79. The van der Waals surface area contributed by atoms with Crippen LogP contribution in [-0.4, -0.2) is 52.6 Å². The van der Waals surface area contributed by atoms with Gasteiger partial charge < -0.3 is 18.9 Å². The minimum atomic E-state index is -0.422. The summed E-state index contributed by atoms with van der Waals surface area (Å²) in [5.41, 5.74) is 0. The lowest BCUT2D eigenvalue weighted by Gasteiger charge is -2.13. The zero-order valence-corrected chi connectivity index (χ0v) is 14.1. The lowest BCUT2D eigenvalue weighted by atomic mass is 10.0. The molecule has 22 heavy (non-hydrogen) atoms. The predicted molar refractivity (Wildman–Crippen MR) is 82.5 cm³/mol. The van der Waals surface area contributed by atoms with Gasteiger partial charge in [0.25, 0.3) is 0 Å². The van der Waals surface area contributed by atoms with Gasteiger partial charge in [-0.3, -0.25) is 9.59 Å². The molecule has 1 atom stereocenters. The molecule has 0 aromatic rings. The maximum atomic E-state index is 11.9. The van der Waals surface area contributed by atoms with Crippen LogP contribution in [0.5, 0.6) is 0 Å². The largest absolute Gasteiger partial charge is 0.466 e. The second-order valence-electron chi connectivity index (χ2n) is 5.10. The van der Waals surface area contributed by atoms with Crippen LogP contribution in [0.15, 0.2) is 0 Å². The van der Waals surface area contributed by atoms with Gasteiger partial charge >= 0.3 is 11.9 Å². The highest BCUT2D eigenvalue weighted by atomic mass is 16.5. The van der Waals surface area contributed by atoms with Gasteiger partial charge in [0.05, 0.1) is 25.6 Å². The minimum absolute atomic E-state index is 0.0810. The molecule has 0 heterocycles. The highest BCUT2D eigenvalue weighted by Gasteiger charge is 2.22. The molecule has 6 heteroatoms. The van der Waals surface area contributed by atoms with Crippen LogP contribution in [0.3, 0.4) is 0 Å². The molecule has 0 aromatic carbocycles. The molecule has 130 valence electrons. The Labute approximate surface area is 133 Å². The standard InChI is InChI=1S/C16H30O6/c1-4-14(16(18)22-12-8-6-10-20-3)13-15(17)21-11-7-5-9-19-2/h14H,4-13H2,1-3H3. The van der Waals surface area contributed by atoms with Gasteiger partial charge in [0.1, 0.15) is 0 Å². The number of ether oxygens (including phenoxy) is 4. The van der Waals surface area contributed by atoms with Crippen molar-refractivity contribution in [3.8, 4) is 0 Å². The Morgan fingerprint density at radius 2 is 1.32 bits per heavy atom. The van der Waals surface area contributed by atoms with E-state index in [0.29, 0.717) is 32.8 Å². The number of methoxy groups -OCH3 is 2. The van der Waals surface area contributed by atoms with Gasteiger partial charge in [0.2, 0.25) is 0 Å². The number of esters is 2. The fourth-order valence-corrected chi connectivity index (χ4v) is 1.83. The van der Waals surface area contributed by atoms with E-state index in [4.69, 9.17) is 18.9 Å². The van der Waals surface area contributed by atoms with Crippen molar-refractivity contribution >= 4 is 11.9 Å². The molecule has 0 radical (unpaired) electrons. The number of unbranched alkanes of at least 4 members (excludes halogenated alkanes) is 2. The van der Waals surface area contributed by atoms with Crippen LogP contribution in [-0.2, 0) is 28.5 Å². The third-order valence-electron chi connectivity index (χ3n) is 3.23. The van der Waals surface area contributed by atoms with E-state index in [9.17, 15) is 9.59 Å². The Morgan fingerprint density at radius 1 is 0.818 bits per heavy atom. The van der Waals surface area contributed by atoms with E-state index in [1.54, 1.807) is 14.2 Å². The molecule has 0 bridgehead atoms. The maximum Gasteiger partial charge on any atom is 0.309 e. The number of hydrogen-bond acceptors (Lipinski definition) is 6. The Hall–Kier alpha value is -1.14. The van der Waals surface area contributed by atoms with Gasteiger partial charge in [-0.15, -0.1) is 0 Å². The van der Waals surface area contributed by atoms with Crippen LogP contribution < -0.4 is 0 Å². The molecule has 0 saturated carbocycles. The van der Waals surface area contributed by atoms with Crippen LogP contribution in [0.1, 0.15) is 45.4 Å². The zero-order valence-electron chi connectivity index (χ0n) is 14.1. The SMILES string of the molecule is CCC(CC(=O)OCCCCOC)C(=O)OCCCCOC. The van der Waals surface area contributed by atoms with E-state index in [-0.39, 0.29) is 18.4 Å². The molecule has 0 fully saturated rings. The summed E-state index contributed by atoms with van der Waals surface area (Å²) in [6.07, 6.45) is 3.88. The molecular formula is C16H30O6. The first-order valence-corrected chi connectivity index (χ1v) is 7.95. The molecule has 0 rings (SSSR count). The average molecular weight is 318 g/mol. The first kappa shape index (κ1) is 20.9. The van der Waals surface area contributed by atoms with E-state index in [2.05, 4.69) is 0 Å². The molecule has 1 unspecified atom stereocenters. The van der Waals surface area contributed by atoms with Crippen molar-refractivity contribution in [2.24, 2.45) is 5.92 Å². The van der Waals surface area contributed by atoms with Gasteiger partial charge in [0, 0.05) is 27.4 Å². The van der Waals surface area contributed by atoms with Crippen LogP contribution in [0.4, 0.5) is 0 Å². The summed E-state index contributed by atoms with van der Waals surface area (Å²) in [7, 11) is 3.28. The average Bonchev–Trinajstić information content (AvgIpc) is 2.52. The van der Waals surface area contributed by atoms with E-state index < -0.39 is 5.92 Å². The molecule has 0 aliphatic heterocycles. The molecule has 6 nitrogen and oxygen atoms in total. The first-order chi connectivity index (χ1) is 10.7. The van der Waals surface area contributed by atoms with Crippen molar-refractivity contribution in [1.29, 1.82) is 0 Å². The fourth-order valence-electron chi connectivity index (χ4n) is 1.83. The fraction of sp³-hybridized carbons (Fsp3) is 0.875. The molecule has 0 aliphatic rings. The molecule has 0 spiro atoms. The second kappa shape index (κ2) is 14.8. The Morgan fingerprint density at radius 3 is 1.82 bits per heavy atom. The van der Waals surface area contributed by atoms with E-state index >= 15 is 0 Å². The third-order valence-corrected chi connectivity index (χ3v) is 3.23. The molecule has 0 aliphatic carbocycles. The van der Waals surface area contributed by atoms with Gasteiger partial charge in [-0.05, 0) is 32.1 Å². The Kier molecular flexibility index (Phi) is 14.0. The summed E-state index contributed by atoms with van der Waals surface area (Å²) in [4.78, 5) is 23.6. The van der Waals surface area contributed by atoms with Crippen molar-refractivity contribution in [2.75, 3.05) is 40.6 Å². The van der Waals surface area contributed by atoms with E-state index in [1.807, 2.05) is 6.92 Å². The maximum absolute atomic E-state index is 11.9. The van der Waals surface area contributed by atoms with Gasteiger partial charge in [0.15, 0.2) is 0 Å². The Bertz CT molecular complexity index is 292. The third kappa shape index (κ3) is 11.5. The van der Waals surface area contributed by atoms with Crippen molar-refractivity contribution in [1.82, 2.24) is 0 Å². The quantitative estimate of drug-likeness (QED) is 0.362. The molecule has 0 N–H and O–H groups in total. The second-order valence-corrected chi connectivity index (χ2v) is 5.10.